The third-order valence-corrected chi connectivity index (χ3v) is 3.31. The zero-order chi connectivity index (χ0) is 15.2. The molecule has 110 valence electrons. The maximum absolute atomic E-state index is 11.4. The molecule has 1 amide bonds. The Morgan fingerprint density at radius 1 is 1.19 bits per heavy atom. The molecule has 0 saturated heterocycles. The summed E-state index contributed by atoms with van der Waals surface area (Å²) >= 11 is 0. The van der Waals surface area contributed by atoms with Crippen molar-refractivity contribution in [2.75, 3.05) is 12.3 Å². The van der Waals surface area contributed by atoms with Gasteiger partial charge in [0.1, 0.15) is 0 Å². The average molecular weight is 284 g/mol. The van der Waals surface area contributed by atoms with Crippen LogP contribution >= 0.6 is 0 Å². The molecular weight excluding hydrogens is 264 g/mol. The van der Waals surface area contributed by atoms with Gasteiger partial charge in [-0.1, -0.05) is 48.0 Å². The van der Waals surface area contributed by atoms with Gasteiger partial charge in [0.25, 0.3) is 0 Å². The maximum atomic E-state index is 11.4. The summed E-state index contributed by atoms with van der Waals surface area (Å²) in [6, 6.07) is 15.6. The molecule has 0 aliphatic heterocycles. The van der Waals surface area contributed by atoms with E-state index in [9.17, 15) is 4.79 Å². The monoisotopic (exact) mass is 284 g/mol. The quantitative estimate of drug-likeness (QED) is 0.288. The summed E-state index contributed by atoms with van der Waals surface area (Å²) in [7, 11) is 0. The van der Waals surface area contributed by atoms with Crippen LogP contribution in [-0.4, -0.2) is 12.5 Å². The lowest BCUT2D eigenvalue weighted by atomic mass is 9.96. The number of carbonyl (C=O) groups is 1. The number of aryl methyl sites for hydroxylation is 1. The topological polar surface area (TPSA) is 93.2 Å². The number of nitrogens with two attached hydrogens (primary N) is 2. The van der Waals surface area contributed by atoms with Crippen LogP contribution in [0, 0.1) is 6.92 Å². The van der Waals surface area contributed by atoms with Crippen LogP contribution in [0.25, 0.3) is 0 Å². The smallest absolute Gasteiger partial charge is 0.247 e. The van der Waals surface area contributed by atoms with Gasteiger partial charge in [0.2, 0.25) is 5.91 Å². The molecule has 0 radical (unpaired) electrons. The average Bonchev–Trinajstić information content (AvgIpc) is 2.51. The second kappa shape index (κ2) is 6.88. The molecule has 0 fully saturated rings. The largest absolute Gasteiger partial charge is 0.398 e. The first-order valence-electron chi connectivity index (χ1n) is 6.75. The normalized spacial score (nSPS) is 11.9. The summed E-state index contributed by atoms with van der Waals surface area (Å²) in [6.07, 6.45) is 0. The predicted molar refractivity (Wildman–Crippen MR) is 84.2 cm³/mol. The summed E-state index contributed by atoms with van der Waals surface area (Å²) in [4.78, 5) is 11.4. The number of hydrogen-bond acceptors (Lipinski definition) is 4. The van der Waals surface area contributed by atoms with Crippen molar-refractivity contribution >= 4 is 11.6 Å². The fourth-order valence-corrected chi connectivity index (χ4v) is 2.24. The summed E-state index contributed by atoms with van der Waals surface area (Å²) in [6.45, 7) is 2.13. The van der Waals surface area contributed by atoms with Gasteiger partial charge in [-0.15, -0.1) is 0 Å². The van der Waals surface area contributed by atoms with Crippen LogP contribution in [-0.2, 0) is 4.79 Å². The van der Waals surface area contributed by atoms with Gasteiger partial charge in [-0.05, 0) is 24.1 Å². The van der Waals surface area contributed by atoms with Crippen LogP contribution in [0.4, 0.5) is 5.69 Å². The van der Waals surface area contributed by atoms with Crippen molar-refractivity contribution in [1.82, 2.24) is 10.7 Å². The number of benzene rings is 2. The molecule has 0 aliphatic carbocycles. The molecule has 0 unspecified atom stereocenters. The molecule has 0 aromatic heterocycles. The Kier molecular flexibility index (Phi) is 4.92. The maximum Gasteiger partial charge on any atom is 0.247 e. The third-order valence-electron chi connectivity index (χ3n) is 3.31. The Hall–Kier alpha value is -2.37. The fourth-order valence-electron chi connectivity index (χ4n) is 2.24. The molecule has 6 N–H and O–H groups in total. The molecule has 5 heteroatoms. The van der Waals surface area contributed by atoms with Gasteiger partial charge in [-0.2, -0.15) is 0 Å². The van der Waals surface area contributed by atoms with Crippen molar-refractivity contribution in [1.29, 1.82) is 0 Å². The van der Waals surface area contributed by atoms with E-state index >= 15 is 0 Å². The predicted octanol–water partition coefficient (Wildman–Crippen LogP) is 1.25. The number of rotatable bonds is 5. The zero-order valence-corrected chi connectivity index (χ0v) is 12.0. The molecule has 0 spiro atoms. The molecule has 5 nitrogen and oxygen atoms in total. The minimum atomic E-state index is -0.276. The standard InChI is InChI=1S/C16H20N4O/c1-11-7-8-14(17)13(9-11)16(19-10-15(21)20-18)12-5-3-2-4-6-12/h2-9,16,19H,10,17-18H2,1H3,(H,20,21)/t16-/m1/s1. The summed E-state index contributed by atoms with van der Waals surface area (Å²) in [5.41, 5.74) is 12.0. The number of nitrogens with one attached hydrogen (secondary N) is 2. The summed E-state index contributed by atoms with van der Waals surface area (Å²) < 4.78 is 0. The lowest BCUT2D eigenvalue weighted by Crippen LogP contribution is -2.39. The minimum absolute atomic E-state index is 0.115. The Morgan fingerprint density at radius 3 is 2.57 bits per heavy atom. The number of amides is 1. The Morgan fingerprint density at radius 2 is 1.90 bits per heavy atom. The van der Waals surface area contributed by atoms with Crippen molar-refractivity contribution in [3.63, 3.8) is 0 Å². The van der Waals surface area contributed by atoms with E-state index < -0.39 is 0 Å². The van der Waals surface area contributed by atoms with E-state index in [4.69, 9.17) is 11.6 Å². The van der Waals surface area contributed by atoms with Gasteiger partial charge in [0.05, 0.1) is 12.6 Å². The molecule has 2 rings (SSSR count). The van der Waals surface area contributed by atoms with Gasteiger partial charge in [-0.3, -0.25) is 15.5 Å². The number of hydrazine groups is 1. The molecular formula is C16H20N4O. The Bertz CT molecular complexity index is 613. The van der Waals surface area contributed by atoms with Crippen LogP contribution in [0.2, 0.25) is 0 Å². The van der Waals surface area contributed by atoms with E-state index in [-0.39, 0.29) is 18.5 Å². The van der Waals surface area contributed by atoms with Crippen molar-refractivity contribution < 1.29 is 4.79 Å². The molecule has 0 saturated carbocycles. The van der Waals surface area contributed by atoms with Crippen LogP contribution in [0.5, 0.6) is 0 Å². The number of nitrogen functional groups attached to an aromatic ring is 1. The molecule has 0 bridgehead atoms. The Labute approximate surface area is 124 Å². The lowest BCUT2D eigenvalue weighted by molar-refractivity contribution is -0.120. The van der Waals surface area contributed by atoms with E-state index in [0.717, 1.165) is 16.7 Å². The van der Waals surface area contributed by atoms with Crippen molar-refractivity contribution in [2.45, 2.75) is 13.0 Å². The van der Waals surface area contributed by atoms with Crippen LogP contribution in [0.15, 0.2) is 48.5 Å². The van der Waals surface area contributed by atoms with Crippen LogP contribution in [0.3, 0.4) is 0 Å². The number of anilines is 1. The van der Waals surface area contributed by atoms with Crippen molar-refractivity contribution in [3.8, 4) is 0 Å². The van der Waals surface area contributed by atoms with Crippen LogP contribution < -0.4 is 22.3 Å². The first-order valence-corrected chi connectivity index (χ1v) is 6.75. The molecule has 0 heterocycles. The fraction of sp³-hybridized carbons (Fsp3) is 0.188. The number of hydrogen-bond donors (Lipinski definition) is 4. The summed E-state index contributed by atoms with van der Waals surface area (Å²) in [5, 5.41) is 3.20. The van der Waals surface area contributed by atoms with Gasteiger partial charge in [0, 0.05) is 5.69 Å². The van der Waals surface area contributed by atoms with E-state index in [0.29, 0.717) is 5.69 Å². The molecule has 2 aromatic rings. The molecule has 1 atom stereocenters. The lowest BCUT2D eigenvalue weighted by Gasteiger charge is -2.21. The molecule has 0 aliphatic rings. The van der Waals surface area contributed by atoms with E-state index in [1.807, 2.05) is 55.5 Å². The van der Waals surface area contributed by atoms with E-state index in [1.165, 1.54) is 0 Å². The second-order valence-electron chi connectivity index (χ2n) is 4.92. The van der Waals surface area contributed by atoms with Crippen LogP contribution in [0.1, 0.15) is 22.7 Å². The highest BCUT2D eigenvalue weighted by Gasteiger charge is 2.17. The van der Waals surface area contributed by atoms with Gasteiger partial charge >= 0.3 is 0 Å². The van der Waals surface area contributed by atoms with E-state index in [2.05, 4.69) is 10.7 Å². The highest BCUT2D eigenvalue weighted by atomic mass is 16.2. The van der Waals surface area contributed by atoms with Crippen molar-refractivity contribution in [2.24, 2.45) is 5.84 Å². The first kappa shape index (κ1) is 15.0. The molecule has 2 aromatic carbocycles. The Balaban J connectivity index is 2.35. The summed E-state index contributed by atoms with van der Waals surface area (Å²) in [5.74, 6) is 4.85. The van der Waals surface area contributed by atoms with Crippen molar-refractivity contribution in [3.05, 3.63) is 65.2 Å². The minimum Gasteiger partial charge on any atom is -0.398 e. The highest BCUT2D eigenvalue weighted by molar-refractivity contribution is 5.77. The van der Waals surface area contributed by atoms with Gasteiger partial charge in [-0.25, -0.2) is 5.84 Å². The van der Waals surface area contributed by atoms with E-state index in [1.54, 1.807) is 0 Å². The first-order chi connectivity index (χ1) is 10.1. The number of carbonyl (C=O) groups excluding carboxylic acids is 1. The third kappa shape index (κ3) is 3.81. The molecule has 21 heavy (non-hydrogen) atoms. The zero-order valence-electron chi connectivity index (χ0n) is 12.0. The SMILES string of the molecule is Cc1ccc(N)c([C@H](NCC(=O)NN)c2ccccc2)c1. The highest BCUT2D eigenvalue weighted by Crippen LogP contribution is 2.27. The van der Waals surface area contributed by atoms with Gasteiger partial charge in [0.15, 0.2) is 0 Å². The van der Waals surface area contributed by atoms with Gasteiger partial charge < -0.3 is 5.73 Å². The second-order valence-corrected chi connectivity index (χ2v) is 4.92.